The topological polar surface area (TPSA) is 78.9 Å². The van der Waals surface area contributed by atoms with Gasteiger partial charge in [0.05, 0.1) is 5.60 Å². The fraction of sp³-hybridized carbons (Fsp3) is 0.720. The Morgan fingerprint density at radius 1 is 1.16 bits per heavy atom. The van der Waals surface area contributed by atoms with Gasteiger partial charge >= 0.3 is 5.97 Å². The maximum atomic E-state index is 13.4. The first-order chi connectivity index (χ1) is 14.6. The van der Waals surface area contributed by atoms with Gasteiger partial charge in [0, 0.05) is 18.8 Å². The van der Waals surface area contributed by atoms with Crippen LogP contribution in [0.25, 0.3) is 0 Å². The molecule has 6 atom stereocenters. The predicted octanol–water partition coefficient (Wildman–Crippen LogP) is 3.68. The number of carbonyl (C=O) groups is 3. The number of ketones is 2. The highest BCUT2D eigenvalue weighted by atomic mass is 16.7. The Morgan fingerprint density at radius 3 is 2.68 bits per heavy atom. The molecule has 3 saturated carbocycles. The lowest BCUT2D eigenvalue weighted by Crippen LogP contribution is -2.70. The highest BCUT2D eigenvalue weighted by molar-refractivity contribution is 5.93. The average molecular weight is 429 g/mol. The average Bonchev–Trinajstić information content (AvgIpc) is 2.85. The Balaban J connectivity index is 1.55. The molecular formula is C25H32O6. The van der Waals surface area contributed by atoms with E-state index in [1.807, 2.05) is 6.08 Å². The summed E-state index contributed by atoms with van der Waals surface area (Å²) in [5.74, 6) is 0.185. The molecule has 1 unspecified atom stereocenters. The lowest BCUT2D eigenvalue weighted by Gasteiger charge is -2.65. The van der Waals surface area contributed by atoms with Crippen molar-refractivity contribution in [3.05, 3.63) is 23.8 Å². The highest BCUT2D eigenvalue weighted by Gasteiger charge is 2.77. The summed E-state index contributed by atoms with van der Waals surface area (Å²) >= 11 is 0. The minimum absolute atomic E-state index is 0.0784. The molecule has 6 nitrogen and oxygen atoms in total. The molecule has 4 aliphatic carbocycles. The first-order valence-electron chi connectivity index (χ1n) is 11.5. The molecule has 0 radical (unpaired) electrons. The second-order valence-corrected chi connectivity index (χ2v) is 10.7. The maximum absolute atomic E-state index is 13.4. The van der Waals surface area contributed by atoms with Crippen molar-refractivity contribution in [1.29, 1.82) is 0 Å². The van der Waals surface area contributed by atoms with Crippen LogP contribution in [0.1, 0.15) is 65.7 Å². The minimum atomic E-state index is -0.980. The van der Waals surface area contributed by atoms with Crippen molar-refractivity contribution in [1.82, 2.24) is 0 Å². The molecule has 0 amide bonds. The smallest absolute Gasteiger partial charge is 0.303 e. The Labute approximate surface area is 183 Å². The minimum Gasteiger partial charge on any atom is -0.458 e. The Morgan fingerprint density at radius 2 is 1.94 bits per heavy atom. The molecule has 0 spiro atoms. The molecule has 31 heavy (non-hydrogen) atoms. The summed E-state index contributed by atoms with van der Waals surface area (Å²) < 4.78 is 17.7. The predicted molar refractivity (Wildman–Crippen MR) is 112 cm³/mol. The van der Waals surface area contributed by atoms with Crippen LogP contribution in [0.2, 0.25) is 0 Å². The molecule has 4 fully saturated rings. The number of ether oxygens (including phenoxy) is 3. The molecule has 1 heterocycles. The fourth-order valence-corrected chi connectivity index (χ4v) is 8.10. The van der Waals surface area contributed by atoms with E-state index in [0.717, 1.165) is 43.3 Å². The van der Waals surface area contributed by atoms with Crippen molar-refractivity contribution in [3.63, 3.8) is 0 Å². The van der Waals surface area contributed by atoms with Crippen molar-refractivity contribution in [2.24, 2.45) is 22.7 Å². The number of carbonyl (C=O) groups excluding carboxylic acids is 3. The number of Topliss-reactive ketones (excluding diaryl/α,β-unsaturated/α-hetero) is 1. The number of fused-ring (bicyclic) bond motifs is 3. The number of rotatable bonds is 3. The van der Waals surface area contributed by atoms with Gasteiger partial charge in [0.1, 0.15) is 12.4 Å². The van der Waals surface area contributed by atoms with E-state index in [1.165, 1.54) is 6.92 Å². The quantitative estimate of drug-likeness (QED) is 0.638. The van der Waals surface area contributed by atoms with Crippen LogP contribution in [0.15, 0.2) is 23.8 Å². The van der Waals surface area contributed by atoms with E-state index in [4.69, 9.17) is 14.2 Å². The summed E-state index contributed by atoms with van der Waals surface area (Å²) in [6.45, 7) is 9.95. The summed E-state index contributed by atoms with van der Waals surface area (Å²) in [5, 5.41) is 0. The van der Waals surface area contributed by atoms with Crippen molar-refractivity contribution in [2.45, 2.75) is 76.9 Å². The van der Waals surface area contributed by atoms with Crippen LogP contribution in [0, 0.1) is 22.7 Å². The molecule has 1 saturated heterocycles. The number of esters is 1. The van der Waals surface area contributed by atoms with Gasteiger partial charge in [-0.05, 0) is 67.4 Å². The summed E-state index contributed by atoms with van der Waals surface area (Å²) in [7, 11) is 0. The highest BCUT2D eigenvalue weighted by Crippen LogP contribution is 2.72. The van der Waals surface area contributed by atoms with Gasteiger partial charge in [-0.15, -0.1) is 0 Å². The number of hydrogen-bond donors (Lipinski definition) is 0. The van der Waals surface area contributed by atoms with Crippen molar-refractivity contribution in [2.75, 3.05) is 13.4 Å². The molecule has 5 rings (SSSR count). The van der Waals surface area contributed by atoms with Crippen LogP contribution in [0.4, 0.5) is 0 Å². The third-order valence-electron chi connectivity index (χ3n) is 9.67. The lowest BCUT2D eigenvalue weighted by atomic mass is 9.43. The first-order valence-corrected chi connectivity index (χ1v) is 11.5. The third kappa shape index (κ3) is 2.49. The summed E-state index contributed by atoms with van der Waals surface area (Å²) in [4.78, 5) is 36.9. The van der Waals surface area contributed by atoms with Gasteiger partial charge in [-0.25, -0.2) is 0 Å². The molecule has 0 aromatic heterocycles. The Kier molecular flexibility index (Phi) is 4.49. The van der Waals surface area contributed by atoms with Gasteiger partial charge in [-0.3, -0.25) is 14.4 Å². The SMILES string of the molecule is C=C1C[C@@H]2[C@H](CC[C@@]3(C)C24CC[C@@]3(C(=O)COC(C)=O)OCO4)[C@@]2(C)CCC(=O)C=C12. The number of hydrogen-bond acceptors (Lipinski definition) is 6. The molecule has 1 aliphatic heterocycles. The fourth-order valence-electron chi connectivity index (χ4n) is 8.10. The summed E-state index contributed by atoms with van der Waals surface area (Å²) in [6.07, 6.45) is 7.13. The molecular weight excluding hydrogens is 396 g/mol. The van der Waals surface area contributed by atoms with E-state index in [1.54, 1.807) is 0 Å². The van der Waals surface area contributed by atoms with Gasteiger partial charge in [0.15, 0.2) is 12.4 Å². The Bertz CT molecular complexity index is 919. The molecule has 5 aliphatic rings. The summed E-state index contributed by atoms with van der Waals surface area (Å²) in [6, 6.07) is 0. The van der Waals surface area contributed by atoms with Crippen LogP contribution in [-0.4, -0.2) is 42.1 Å². The van der Waals surface area contributed by atoms with Crippen LogP contribution in [-0.2, 0) is 28.6 Å². The van der Waals surface area contributed by atoms with E-state index >= 15 is 0 Å². The van der Waals surface area contributed by atoms with Crippen molar-refractivity contribution in [3.8, 4) is 0 Å². The van der Waals surface area contributed by atoms with Crippen molar-refractivity contribution < 1.29 is 28.6 Å². The van der Waals surface area contributed by atoms with Gasteiger partial charge in [0.2, 0.25) is 5.78 Å². The number of allylic oxidation sites excluding steroid dienone is 2. The third-order valence-corrected chi connectivity index (χ3v) is 9.67. The zero-order valence-corrected chi connectivity index (χ0v) is 18.8. The normalized spacial score (nSPS) is 45.8. The van der Waals surface area contributed by atoms with E-state index in [9.17, 15) is 14.4 Å². The standard InChI is InChI=1S/C25H32O6/c1-15-11-20-18(22(3)7-5-17(27)12-19(15)22)6-8-23(4)24(20)9-10-25(23,31-14-30-24)21(28)13-29-16(2)26/h12,18,20H,1,5-11,13-14H2,2-4H3/t18-,20+,22+,23-,24?,25-/m0/s1. The maximum Gasteiger partial charge on any atom is 0.303 e. The van der Waals surface area contributed by atoms with Crippen LogP contribution >= 0.6 is 0 Å². The second kappa shape index (κ2) is 6.61. The van der Waals surface area contributed by atoms with Gasteiger partial charge in [-0.2, -0.15) is 0 Å². The largest absolute Gasteiger partial charge is 0.458 e. The second-order valence-electron chi connectivity index (χ2n) is 10.7. The molecule has 0 aromatic rings. The summed E-state index contributed by atoms with van der Waals surface area (Å²) in [5.41, 5.74) is 0.143. The van der Waals surface area contributed by atoms with Crippen molar-refractivity contribution >= 4 is 17.5 Å². The van der Waals surface area contributed by atoms with E-state index < -0.39 is 22.6 Å². The molecule has 0 aromatic carbocycles. The van der Waals surface area contributed by atoms with Gasteiger partial charge in [0.25, 0.3) is 0 Å². The van der Waals surface area contributed by atoms with Crippen LogP contribution in [0.5, 0.6) is 0 Å². The molecule has 168 valence electrons. The van der Waals surface area contributed by atoms with Crippen LogP contribution in [0.3, 0.4) is 0 Å². The Hall–Kier alpha value is -1.79. The zero-order chi connectivity index (χ0) is 22.2. The molecule has 6 heteroatoms. The lowest BCUT2D eigenvalue weighted by molar-refractivity contribution is -0.329. The molecule has 0 N–H and O–H groups in total. The van der Waals surface area contributed by atoms with E-state index in [2.05, 4.69) is 20.4 Å². The van der Waals surface area contributed by atoms with E-state index in [0.29, 0.717) is 18.8 Å². The zero-order valence-electron chi connectivity index (χ0n) is 18.8. The van der Waals surface area contributed by atoms with Crippen LogP contribution < -0.4 is 0 Å². The molecule has 2 bridgehead atoms. The van der Waals surface area contributed by atoms with Gasteiger partial charge < -0.3 is 14.2 Å². The first kappa shape index (κ1) is 21.1. The monoisotopic (exact) mass is 428 g/mol. The van der Waals surface area contributed by atoms with Gasteiger partial charge in [-0.1, -0.05) is 26.0 Å². The van der Waals surface area contributed by atoms with E-state index in [-0.39, 0.29) is 36.3 Å².